The minimum Gasteiger partial charge on any atom is -0.385 e. The molecule has 0 amide bonds. The number of anilines is 1. The van der Waals surface area contributed by atoms with Crippen LogP contribution in [0.25, 0.3) is 6.08 Å². The summed E-state index contributed by atoms with van der Waals surface area (Å²) in [5.74, 6) is -0.316. The van der Waals surface area contributed by atoms with E-state index in [2.05, 4.69) is 21.2 Å². The predicted molar refractivity (Wildman–Crippen MR) is 89.8 cm³/mol. The molecule has 0 aromatic heterocycles. The molecule has 0 saturated carbocycles. The Labute approximate surface area is 131 Å². The van der Waals surface area contributed by atoms with Crippen molar-refractivity contribution in [1.82, 2.24) is 0 Å². The largest absolute Gasteiger partial charge is 0.385 e. The van der Waals surface area contributed by atoms with Gasteiger partial charge in [-0.3, -0.25) is 9.59 Å². The van der Waals surface area contributed by atoms with E-state index in [9.17, 15) is 9.59 Å². The van der Waals surface area contributed by atoms with Crippen molar-refractivity contribution < 1.29 is 4.79 Å². The fourth-order valence-corrected chi connectivity index (χ4v) is 2.27. The van der Waals surface area contributed by atoms with Crippen molar-refractivity contribution in [2.45, 2.75) is 0 Å². The molecule has 4 heteroatoms. The van der Waals surface area contributed by atoms with Gasteiger partial charge < -0.3 is 5.32 Å². The minimum atomic E-state index is -0.316. The van der Waals surface area contributed by atoms with E-state index in [4.69, 9.17) is 0 Å². The van der Waals surface area contributed by atoms with Gasteiger partial charge in [0.15, 0.2) is 5.78 Å². The van der Waals surface area contributed by atoms with Crippen LogP contribution in [0.1, 0.15) is 15.9 Å². The molecule has 0 spiro atoms. The van der Waals surface area contributed by atoms with E-state index in [0.717, 1.165) is 10.0 Å². The van der Waals surface area contributed by atoms with Crippen LogP contribution in [0.15, 0.2) is 63.9 Å². The number of rotatable bonds is 4. The van der Waals surface area contributed by atoms with Gasteiger partial charge in [0.05, 0.1) is 11.3 Å². The van der Waals surface area contributed by atoms with Crippen molar-refractivity contribution in [3.8, 4) is 0 Å². The smallest absolute Gasteiger partial charge is 0.212 e. The van der Waals surface area contributed by atoms with Crippen molar-refractivity contribution in [3.05, 3.63) is 80.4 Å². The number of ketones is 1. The van der Waals surface area contributed by atoms with Gasteiger partial charge in [-0.05, 0) is 35.9 Å². The average Bonchev–Trinajstić information content (AvgIpc) is 2.67. The molecule has 2 aromatic carbocycles. The van der Waals surface area contributed by atoms with Crippen LogP contribution >= 0.6 is 15.9 Å². The molecule has 0 saturated heterocycles. The molecule has 2 rings (SSSR count). The van der Waals surface area contributed by atoms with Gasteiger partial charge >= 0.3 is 0 Å². The Bertz CT molecular complexity index is 754. The highest BCUT2D eigenvalue weighted by atomic mass is 79.9. The van der Waals surface area contributed by atoms with E-state index in [1.54, 1.807) is 31.3 Å². The number of carbonyl (C=O) groups is 1. The standard InChI is InChI=1S/C17H14BrNO2/c1-19-15-9-5-3-7-13(17(15)21)16(20)11-10-12-6-2-4-8-14(12)18/h2-11H,1H3,(H,19,21)/b11-10-. The van der Waals surface area contributed by atoms with E-state index in [-0.39, 0.29) is 16.8 Å². The van der Waals surface area contributed by atoms with Crippen molar-refractivity contribution in [3.63, 3.8) is 0 Å². The molecule has 3 nitrogen and oxygen atoms in total. The first-order valence-electron chi connectivity index (χ1n) is 6.41. The van der Waals surface area contributed by atoms with E-state index in [1.807, 2.05) is 24.3 Å². The second kappa shape index (κ2) is 6.99. The zero-order chi connectivity index (χ0) is 15.2. The van der Waals surface area contributed by atoms with Crippen LogP contribution in [0.5, 0.6) is 0 Å². The second-order valence-electron chi connectivity index (χ2n) is 4.34. The monoisotopic (exact) mass is 343 g/mol. The maximum Gasteiger partial charge on any atom is 0.212 e. The topological polar surface area (TPSA) is 46.2 Å². The highest BCUT2D eigenvalue weighted by Gasteiger charge is 2.08. The Kier molecular flexibility index (Phi) is 5.06. The third-order valence-electron chi connectivity index (χ3n) is 2.98. The number of halogens is 1. The molecule has 0 aliphatic rings. The van der Waals surface area contributed by atoms with Crippen LogP contribution in [0, 0.1) is 0 Å². The SMILES string of the molecule is CNc1ccccc(C(=O)/C=C\c2ccccc2Br)c1=O. The maximum atomic E-state index is 12.2. The second-order valence-corrected chi connectivity index (χ2v) is 5.20. The number of allylic oxidation sites excluding steroid dienone is 1. The zero-order valence-electron chi connectivity index (χ0n) is 11.5. The predicted octanol–water partition coefficient (Wildman–Crippen LogP) is 3.75. The molecular weight excluding hydrogens is 330 g/mol. The molecule has 2 aromatic rings. The first kappa shape index (κ1) is 15.2. The van der Waals surface area contributed by atoms with Crippen molar-refractivity contribution in [2.75, 3.05) is 12.4 Å². The fraction of sp³-hybridized carbons (Fsp3) is 0.0588. The summed E-state index contributed by atoms with van der Waals surface area (Å²) in [5.41, 5.74) is 1.13. The first-order valence-corrected chi connectivity index (χ1v) is 7.21. The Hall–Kier alpha value is -2.20. The summed E-state index contributed by atoms with van der Waals surface area (Å²) >= 11 is 3.41. The molecule has 0 heterocycles. The van der Waals surface area contributed by atoms with Gasteiger partial charge in [-0.15, -0.1) is 0 Å². The van der Waals surface area contributed by atoms with Gasteiger partial charge in [-0.1, -0.05) is 46.3 Å². The summed E-state index contributed by atoms with van der Waals surface area (Å²) in [6.07, 6.45) is 3.11. The lowest BCUT2D eigenvalue weighted by Gasteiger charge is -1.97. The summed E-state index contributed by atoms with van der Waals surface area (Å²) in [4.78, 5) is 24.4. The normalized spacial score (nSPS) is 10.6. The average molecular weight is 344 g/mol. The van der Waals surface area contributed by atoms with Crippen LogP contribution in [0.4, 0.5) is 5.69 Å². The summed E-state index contributed by atoms with van der Waals surface area (Å²) < 4.78 is 0.894. The third-order valence-corrected chi connectivity index (χ3v) is 3.70. The van der Waals surface area contributed by atoms with Gasteiger partial charge in [0, 0.05) is 11.5 Å². The van der Waals surface area contributed by atoms with E-state index >= 15 is 0 Å². The molecule has 0 unspecified atom stereocenters. The summed E-state index contributed by atoms with van der Waals surface area (Å²) in [7, 11) is 1.65. The van der Waals surface area contributed by atoms with Crippen LogP contribution in [0.3, 0.4) is 0 Å². The summed E-state index contributed by atoms with van der Waals surface area (Å²) in [5, 5.41) is 2.80. The molecule has 0 radical (unpaired) electrons. The molecule has 0 bridgehead atoms. The third kappa shape index (κ3) is 3.67. The van der Waals surface area contributed by atoms with Crippen LogP contribution in [-0.2, 0) is 0 Å². The highest BCUT2D eigenvalue weighted by molar-refractivity contribution is 9.10. The van der Waals surface area contributed by atoms with E-state index in [0.29, 0.717) is 5.69 Å². The fourth-order valence-electron chi connectivity index (χ4n) is 1.86. The Morgan fingerprint density at radius 1 is 1.10 bits per heavy atom. The van der Waals surface area contributed by atoms with Gasteiger partial charge in [-0.25, -0.2) is 0 Å². The number of hydrogen-bond acceptors (Lipinski definition) is 3. The summed E-state index contributed by atoms with van der Waals surface area (Å²) in [6.45, 7) is 0. The molecule has 0 atom stereocenters. The Morgan fingerprint density at radius 2 is 1.76 bits per heavy atom. The Morgan fingerprint density at radius 3 is 2.48 bits per heavy atom. The van der Waals surface area contributed by atoms with E-state index < -0.39 is 0 Å². The van der Waals surface area contributed by atoms with Gasteiger partial charge in [0.2, 0.25) is 5.43 Å². The molecule has 0 fully saturated rings. The molecular formula is C17H14BrNO2. The van der Waals surface area contributed by atoms with Crippen molar-refractivity contribution in [2.24, 2.45) is 0 Å². The summed E-state index contributed by atoms with van der Waals surface area (Å²) in [6, 6.07) is 14.2. The molecule has 1 N–H and O–H groups in total. The number of nitrogens with one attached hydrogen (secondary N) is 1. The molecule has 21 heavy (non-hydrogen) atoms. The van der Waals surface area contributed by atoms with Gasteiger partial charge in [-0.2, -0.15) is 0 Å². The lowest BCUT2D eigenvalue weighted by Crippen LogP contribution is -2.14. The zero-order valence-corrected chi connectivity index (χ0v) is 13.1. The molecule has 106 valence electrons. The maximum absolute atomic E-state index is 12.2. The van der Waals surface area contributed by atoms with Crippen molar-refractivity contribution >= 4 is 33.5 Å². The lowest BCUT2D eigenvalue weighted by atomic mass is 10.1. The van der Waals surface area contributed by atoms with Crippen molar-refractivity contribution in [1.29, 1.82) is 0 Å². The minimum absolute atomic E-state index is 0.146. The molecule has 0 aliphatic carbocycles. The van der Waals surface area contributed by atoms with Gasteiger partial charge in [0.25, 0.3) is 0 Å². The number of carbonyl (C=O) groups excluding carboxylic acids is 1. The van der Waals surface area contributed by atoms with Crippen LogP contribution in [0.2, 0.25) is 0 Å². The lowest BCUT2D eigenvalue weighted by molar-refractivity contribution is 0.104. The number of benzene rings is 1. The van der Waals surface area contributed by atoms with Gasteiger partial charge in [0.1, 0.15) is 0 Å². The van der Waals surface area contributed by atoms with Crippen LogP contribution < -0.4 is 10.7 Å². The number of hydrogen-bond donors (Lipinski definition) is 1. The quantitative estimate of drug-likeness (QED) is 0.679. The molecule has 0 aliphatic heterocycles. The highest BCUT2D eigenvalue weighted by Crippen LogP contribution is 2.17. The van der Waals surface area contributed by atoms with E-state index in [1.165, 1.54) is 12.1 Å². The van der Waals surface area contributed by atoms with Crippen LogP contribution in [-0.4, -0.2) is 12.8 Å². The Balaban J connectivity index is 2.37. The first-order chi connectivity index (χ1) is 10.1.